The summed E-state index contributed by atoms with van der Waals surface area (Å²) in [5.41, 5.74) is 7.86. The first kappa shape index (κ1) is 5.08. The summed E-state index contributed by atoms with van der Waals surface area (Å²) in [6.45, 7) is 0. The molecule has 0 amide bonds. The Kier molecular flexibility index (Phi) is 1.46. The molecule has 0 aromatic carbocycles. The molecule has 8 heavy (non-hydrogen) atoms. The van der Waals surface area contributed by atoms with E-state index in [1.54, 1.807) is 11.4 Å². The molecule has 0 atom stereocenters. The van der Waals surface area contributed by atoms with Crippen molar-refractivity contribution in [2.75, 3.05) is 0 Å². The Bertz CT molecular complexity index is 197. The van der Waals surface area contributed by atoms with Gasteiger partial charge in [0.2, 0.25) is 0 Å². The van der Waals surface area contributed by atoms with Gasteiger partial charge in [0.15, 0.2) is 0 Å². The van der Waals surface area contributed by atoms with Crippen molar-refractivity contribution in [3.63, 3.8) is 0 Å². The van der Waals surface area contributed by atoms with Crippen LogP contribution in [0.2, 0.25) is 0 Å². The van der Waals surface area contributed by atoms with Gasteiger partial charge in [0.05, 0.1) is 0 Å². The van der Waals surface area contributed by atoms with E-state index in [2.05, 4.69) is 14.4 Å². The third kappa shape index (κ3) is 0.959. The van der Waals surface area contributed by atoms with E-state index >= 15 is 0 Å². The predicted octanol–water partition coefficient (Wildman–Crippen LogP) is 2.08. The molecule has 5 heteroatoms. The molecule has 0 spiro atoms. The summed E-state index contributed by atoms with van der Waals surface area (Å²) in [6, 6.07) is 1.66. The molecule has 0 N–H and O–H groups in total. The number of azide groups is 1. The summed E-state index contributed by atoms with van der Waals surface area (Å²) in [6.07, 6.45) is 0. The highest BCUT2D eigenvalue weighted by Gasteiger charge is 1.83. The molecule has 1 aromatic rings. The zero-order chi connectivity index (χ0) is 5.82. The van der Waals surface area contributed by atoms with E-state index in [1.165, 1.54) is 11.5 Å². The van der Waals surface area contributed by atoms with Crippen LogP contribution in [0.1, 0.15) is 0 Å². The lowest BCUT2D eigenvalue weighted by Gasteiger charge is -1.68. The van der Waals surface area contributed by atoms with Gasteiger partial charge in [-0.2, -0.15) is 4.37 Å². The molecule has 0 unspecified atom stereocenters. The third-order valence-electron chi connectivity index (χ3n) is 0.571. The highest BCUT2D eigenvalue weighted by atomic mass is 32.1. The Morgan fingerprint density at radius 3 is 3.25 bits per heavy atom. The standard InChI is InChI=1S/C3H2N4S/c4-7-5-3-1-2-8-6-3/h1-2H. The van der Waals surface area contributed by atoms with E-state index in [9.17, 15) is 0 Å². The SMILES string of the molecule is [N-]=[N+]=Nc1ccsn1. The van der Waals surface area contributed by atoms with Gasteiger partial charge in [0.1, 0.15) is 5.82 Å². The van der Waals surface area contributed by atoms with Crippen molar-refractivity contribution in [2.45, 2.75) is 0 Å². The smallest absolute Gasteiger partial charge is 0.140 e. The van der Waals surface area contributed by atoms with Crippen LogP contribution in [0, 0.1) is 0 Å². The maximum absolute atomic E-state index is 7.86. The van der Waals surface area contributed by atoms with E-state index in [4.69, 9.17) is 5.53 Å². The molecule has 0 aliphatic rings. The summed E-state index contributed by atoms with van der Waals surface area (Å²) < 4.78 is 3.73. The second kappa shape index (κ2) is 2.30. The van der Waals surface area contributed by atoms with Gasteiger partial charge in [-0.25, -0.2) is 0 Å². The van der Waals surface area contributed by atoms with Crippen LogP contribution < -0.4 is 0 Å². The molecular weight excluding hydrogens is 124 g/mol. The Morgan fingerprint density at radius 1 is 1.88 bits per heavy atom. The average Bonchev–Trinajstić information content (AvgIpc) is 2.19. The van der Waals surface area contributed by atoms with Crippen molar-refractivity contribution >= 4 is 17.4 Å². The molecule has 0 fully saturated rings. The first-order valence-electron chi connectivity index (χ1n) is 1.89. The molecule has 0 aliphatic heterocycles. The summed E-state index contributed by atoms with van der Waals surface area (Å²) >= 11 is 1.26. The van der Waals surface area contributed by atoms with Crippen molar-refractivity contribution in [1.82, 2.24) is 4.37 Å². The van der Waals surface area contributed by atoms with Gasteiger partial charge < -0.3 is 0 Å². The van der Waals surface area contributed by atoms with Crippen LogP contribution in [-0.2, 0) is 0 Å². The predicted molar refractivity (Wildman–Crippen MR) is 30.9 cm³/mol. The number of rotatable bonds is 1. The van der Waals surface area contributed by atoms with Crippen LogP contribution >= 0.6 is 11.5 Å². The lowest BCUT2D eigenvalue weighted by atomic mass is 10.7. The molecule has 0 saturated carbocycles. The van der Waals surface area contributed by atoms with Crippen LogP contribution in [0.4, 0.5) is 5.82 Å². The van der Waals surface area contributed by atoms with E-state index in [0.29, 0.717) is 5.82 Å². The van der Waals surface area contributed by atoms with Crippen molar-refractivity contribution in [2.24, 2.45) is 5.11 Å². The molecule has 0 saturated heterocycles. The van der Waals surface area contributed by atoms with Gasteiger partial charge in [-0.15, -0.1) is 0 Å². The minimum absolute atomic E-state index is 0.442. The molecule has 0 aliphatic carbocycles. The zero-order valence-electron chi connectivity index (χ0n) is 3.85. The Labute approximate surface area is 49.6 Å². The summed E-state index contributed by atoms with van der Waals surface area (Å²) in [4.78, 5) is 2.55. The third-order valence-corrected chi connectivity index (χ3v) is 1.12. The minimum atomic E-state index is 0.442. The van der Waals surface area contributed by atoms with Crippen LogP contribution in [-0.4, -0.2) is 4.37 Å². The minimum Gasteiger partial charge on any atom is -0.191 e. The van der Waals surface area contributed by atoms with E-state index < -0.39 is 0 Å². The van der Waals surface area contributed by atoms with Gasteiger partial charge in [-0.05, 0) is 28.2 Å². The van der Waals surface area contributed by atoms with Crippen molar-refractivity contribution in [3.8, 4) is 0 Å². The number of aromatic nitrogens is 1. The van der Waals surface area contributed by atoms with Crippen molar-refractivity contribution < 1.29 is 0 Å². The molecule has 4 nitrogen and oxygen atoms in total. The molecular formula is C3H2N4S. The monoisotopic (exact) mass is 126 g/mol. The normalized spacial score (nSPS) is 8.00. The molecule has 40 valence electrons. The number of hydrogen-bond acceptors (Lipinski definition) is 3. The number of hydrogen-bond donors (Lipinski definition) is 0. The maximum atomic E-state index is 7.86. The molecule has 1 rings (SSSR count). The summed E-state index contributed by atoms with van der Waals surface area (Å²) in [5.74, 6) is 0.442. The second-order valence-corrected chi connectivity index (χ2v) is 1.71. The fourth-order valence-electron chi connectivity index (χ4n) is 0.304. The van der Waals surface area contributed by atoms with E-state index in [0.717, 1.165) is 0 Å². The van der Waals surface area contributed by atoms with Gasteiger partial charge in [-0.3, -0.25) is 0 Å². The zero-order valence-corrected chi connectivity index (χ0v) is 4.67. The average molecular weight is 126 g/mol. The fraction of sp³-hybridized carbons (Fsp3) is 0. The van der Waals surface area contributed by atoms with E-state index in [-0.39, 0.29) is 0 Å². The maximum Gasteiger partial charge on any atom is 0.140 e. The van der Waals surface area contributed by atoms with Crippen molar-refractivity contribution in [3.05, 3.63) is 21.9 Å². The lowest BCUT2D eigenvalue weighted by molar-refractivity contribution is 1.39. The summed E-state index contributed by atoms with van der Waals surface area (Å²) in [7, 11) is 0. The van der Waals surface area contributed by atoms with Crippen LogP contribution in [0.15, 0.2) is 16.6 Å². The quantitative estimate of drug-likeness (QED) is 0.323. The Morgan fingerprint density at radius 2 is 2.75 bits per heavy atom. The highest BCUT2D eigenvalue weighted by molar-refractivity contribution is 7.03. The first-order valence-corrected chi connectivity index (χ1v) is 2.72. The molecule has 1 aromatic heterocycles. The lowest BCUT2D eigenvalue weighted by Crippen LogP contribution is -1.49. The van der Waals surface area contributed by atoms with Crippen LogP contribution in [0.25, 0.3) is 10.4 Å². The number of nitrogens with zero attached hydrogens (tertiary/aromatic N) is 4. The van der Waals surface area contributed by atoms with Crippen LogP contribution in [0.5, 0.6) is 0 Å². The van der Waals surface area contributed by atoms with Gasteiger partial charge >= 0.3 is 0 Å². The second-order valence-electron chi connectivity index (χ2n) is 1.05. The Balaban J connectivity index is 2.93. The van der Waals surface area contributed by atoms with Gasteiger partial charge in [0.25, 0.3) is 0 Å². The summed E-state index contributed by atoms with van der Waals surface area (Å²) in [5, 5.41) is 5.00. The topological polar surface area (TPSA) is 61.7 Å². The van der Waals surface area contributed by atoms with Gasteiger partial charge in [-0.1, -0.05) is 0 Å². The molecule has 0 radical (unpaired) electrons. The van der Waals surface area contributed by atoms with E-state index in [1.807, 2.05) is 0 Å². The Hall–Kier alpha value is -1.06. The molecule has 0 bridgehead atoms. The molecule has 1 heterocycles. The van der Waals surface area contributed by atoms with Crippen LogP contribution in [0.3, 0.4) is 0 Å². The fourth-order valence-corrected chi connectivity index (χ4v) is 0.752. The van der Waals surface area contributed by atoms with Gasteiger partial charge in [0, 0.05) is 10.3 Å². The largest absolute Gasteiger partial charge is 0.191 e. The van der Waals surface area contributed by atoms with Crippen molar-refractivity contribution in [1.29, 1.82) is 0 Å². The first-order chi connectivity index (χ1) is 3.93. The highest BCUT2D eigenvalue weighted by Crippen LogP contribution is 2.08.